The van der Waals surface area contributed by atoms with Crippen molar-refractivity contribution in [2.24, 2.45) is 5.73 Å². The SMILES string of the molecule is COc1cccc2c1CC[C@@H](F)[C@H]2N. The molecule has 0 fully saturated rings. The van der Waals surface area contributed by atoms with E-state index in [9.17, 15) is 4.39 Å². The van der Waals surface area contributed by atoms with E-state index in [1.165, 1.54) is 0 Å². The zero-order valence-electron chi connectivity index (χ0n) is 8.16. The lowest BCUT2D eigenvalue weighted by Crippen LogP contribution is -2.28. The molecule has 3 heteroatoms. The lowest BCUT2D eigenvalue weighted by atomic mass is 9.86. The van der Waals surface area contributed by atoms with Crippen molar-refractivity contribution >= 4 is 0 Å². The summed E-state index contributed by atoms with van der Waals surface area (Å²) in [6.07, 6.45) is 0.289. The fourth-order valence-electron chi connectivity index (χ4n) is 2.01. The first-order valence-corrected chi connectivity index (χ1v) is 4.79. The summed E-state index contributed by atoms with van der Waals surface area (Å²) in [5.41, 5.74) is 7.74. The molecule has 76 valence electrons. The number of benzene rings is 1. The van der Waals surface area contributed by atoms with Gasteiger partial charge >= 0.3 is 0 Å². The smallest absolute Gasteiger partial charge is 0.122 e. The lowest BCUT2D eigenvalue weighted by molar-refractivity contribution is 0.252. The van der Waals surface area contributed by atoms with Gasteiger partial charge in [-0.05, 0) is 30.0 Å². The first kappa shape index (κ1) is 9.46. The van der Waals surface area contributed by atoms with Crippen LogP contribution in [0.4, 0.5) is 4.39 Å². The fourth-order valence-corrected chi connectivity index (χ4v) is 2.01. The van der Waals surface area contributed by atoms with Crippen LogP contribution in [0.15, 0.2) is 18.2 Å². The highest BCUT2D eigenvalue weighted by atomic mass is 19.1. The molecule has 0 heterocycles. The van der Waals surface area contributed by atoms with Crippen LogP contribution in [-0.4, -0.2) is 13.3 Å². The molecule has 0 saturated heterocycles. The normalized spacial score (nSPS) is 25.6. The molecule has 0 amide bonds. The Bertz CT molecular complexity index is 340. The van der Waals surface area contributed by atoms with Crippen LogP contribution in [0, 0.1) is 0 Å². The average molecular weight is 195 g/mol. The van der Waals surface area contributed by atoms with Gasteiger partial charge in [-0.2, -0.15) is 0 Å². The van der Waals surface area contributed by atoms with Crippen LogP contribution in [-0.2, 0) is 6.42 Å². The van der Waals surface area contributed by atoms with E-state index in [0.717, 1.165) is 16.9 Å². The van der Waals surface area contributed by atoms with Crippen LogP contribution in [0.5, 0.6) is 5.75 Å². The molecule has 0 radical (unpaired) electrons. The summed E-state index contributed by atoms with van der Waals surface area (Å²) in [7, 11) is 1.63. The zero-order valence-corrected chi connectivity index (χ0v) is 8.16. The Morgan fingerprint density at radius 2 is 2.29 bits per heavy atom. The minimum atomic E-state index is -0.922. The van der Waals surface area contributed by atoms with Crippen molar-refractivity contribution in [3.05, 3.63) is 29.3 Å². The molecule has 1 aliphatic carbocycles. The summed E-state index contributed by atoms with van der Waals surface area (Å²) >= 11 is 0. The summed E-state index contributed by atoms with van der Waals surface area (Å²) in [5.74, 6) is 0.824. The second-order valence-corrected chi connectivity index (χ2v) is 3.61. The summed E-state index contributed by atoms with van der Waals surface area (Å²) in [6, 6.07) is 5.14. The maximum Gasteiger partial charge on any atom is 0.122 e. The van der Waals surface area contributed by atoms with Crippen molar-refractivity contribution in [1.29, 1.82) is 0 Å². The molecular weight excluding hydrogens is 181 g/mol. The number of hydrogen-bond donors (Lipinski definition) is 1. The molecule has 0 aromatic heterocycles. The third-order valence-corrected chi connectivity index (χ3v) is 2.81. The van der Waals surface area contributed by atoms with E-state index in [-0.39, 0.29) is 0 Å². The fraction of sp³-hybridized carbons (Fsp3) is 0.455. The summed E-state index contributed by atoms with van der Waals surface area (Å²) in [5, 5.41) is 0. The summed E-state index contributed by atoms with van der Waals surface area (Å²) in [6.45, 7) is 0. The number of halogens is 1. The molecule has 2 N–H and O–H groups in total. The average Bonchev–Trinajstić information content (AvgIpc) is 2.23. The van der Waals surface area contributed by atoms with E-state index in [4.69, 9.17) is 10.5 Å². The van der Waals surface area contributed by atoms with E-state index in [0.29, 0.717) is 12.8 Å². The van der Waals surface area contributed by atoms with Crippen molar-refractivity contribution in [2.75, 3.05) is 7.11 Å². The van der Waals surface area contributed by atoms with Crippen molar-refractivity contribution in [1.82, 2.24) is 0 Å². The van der Waals surface area contributed by atoms with Gasteiger partial charge in [0, 0.05) is 0 Å². The Labute approximate surface area is 82.9 Å². The number of alkyl halides is 1. The third kappa shape index (κ3) is 1.38. The Morgan fingerprint density at radius 3 is 3.00 bits per heavy atom. The molecule has 2 atom stereocenters. The standard InChI is InChI=1S/C11H14FNO/c1-14-10-4-2-3-8-7(10)5-6-9(12)11(8)13/h2-4,9,11H,5-6,13H2,1H3/t9-,11+/m1/s1. The second-order valence-electron chi connectivity index (χ2n) is 3.61. The van der Waals surface area contributed by atoms with Crippen LogP contribution in [0.1, 0.15) is 23.6 Å². The second kappa shape index (κ2) is 3.58. The Kier molecular flexibility index (Phi) is 2.42. The van der Waals surface area contributed by atoms with Gasteiger partial charge in [-0.25, -0.2) is 4.39 Å². The van der Waals surface area contributed by atoms with Crippen LogP contribution < -0.4 is 10.5 Å². The molecule has 1 aliphatic rings. The minimum absolute atomic E-state index is 0.492. The topological polar surface area (TPSA) is 35.2 Å². The highest BCUT2D eigenvalue weighted by Crippen LogP contribution is 2.35. The molecule has 2 rings (SSSR count). The molecular formula is C11H14FNO. The summed E-state index contributed by atoms with van der Waals surface area (Å²) < 4.78 is 18.5. The van der Waals surface area contributed by atoms with Gasteiger partial charge in [-0.1, -0.05) is 12.1 Å². The Morgan fingerprint density at radius 1 is 1.50 bits per heavy atom. The van der Waals surface area contributed by atoms with Crippen molar-refractivity contribution in [2.45, 2.75) is 25.1 Å². The first-order valence-electron chi connectivity index (χ1n) is 4.79. The quantitative estimate of drug-likeness (QED) is 0.743. The number of hydrogen-bond acceptors (Lipinski definition) is 2. The number of rotatable bonds is 1. The molecule has 0 bridgehead atoms. The van der Waals surface area contributed by atoms with E-state index < -0.39 is 12.2 Å². The van der Waals surface area contributed by atoms with E-state index >= 15 is 0 Å². The zero-order chi connectivity index (χ0) is 10.1. The molecule has 0 unspecified atom stereocenters. The van der Waals surface area contributed by atoms with E-state index in [2.05, 4.69) is 0 Å². The van der Waals surface area contributed by atoms with Crippen LogP contribution in [0.3, 0.4) is 0 Å². The molecule has 0 spiro atoms. The molecule has 0 saturated carbocycles. The number of ether oxygens (including phenoxy) is 1. The van der Waals surface area contributed by atoms with Crippen molar-refractivity contribution in [3.8, 4) is 5.75 Å². The number of methoxy groups -OCH3 is 1. The highest BCUT2D eigenvalue weighted by Gasteiger charge is 2.27. The van der Waals surface area contributed by atoms with Gasteiger partial charge in [0.1, 0.15) is 11.9 Å². The monoisotopic (exact) mass is 195 g/mol. The number of fused-ring (bicyclic) bond motifs is 1. The van der Waals surface area contributed by atoms with Crippen LogP contribution >= 0.6 is 0 Å². The molecule has 1 aromatic rings. The predicted molar refractivity (Wildman–Crippen MR) is 53.1 cm³/mol. The largest absolute Gasteiger partial charge is 0.496 e. The maximum absolute atomic E-state index is 13.3. The van der Waals surface area contributed by atoms with Crippen molar-refractivity contribution < 1.29 is 9.13 Å². The van der Waals surface area contributed by atoms with Crippen LogP contribution in [0.2, 0.25) is 0 Å². The minimum Gasteiger partial charge on any atom is -0.496 e. The Balaban J connectivity index is 2.47. The molecule has 14 heavy (non-hydrogen) atoms. The van der Waals surface area contributed by atoms with Gasteiger partial charge in [0.25, 0.3) is 0 Å². The molecule has 0 aliphatic heterocycles. The lowest BCUT2D eigenvalue weighted by Gasteiger charge is -2.26. The predicted octanol–water partition coefficient (Wildman–Crippen LogP) is 1.98. The van der Waals surface area contributed by atoms with Gasteiger partial charge in [0.2, 0.25) is 0 Å². The number of nitrogens with two attached hydrogens (primary N) is 1. The van der Waals surface area contributed by atoms with E-state index in [1.807, 2.05) is 18.2 Å². The highest BCUT2D eigenvalue weighted by molar-refractivity contribution is 5.43. The maximum atomic E-state index is 13.3. The summed E-state index contributed by atoms with van der Waals surface area (Å²) in [4.78, 5) is 0. The van der Waals surface area contributed by atoms with E-state index in [1.54, 1.807) is 7.11 Å². The Hall–Kier alpha value is -1.09. The van der Waals surface area contributed by atoms with Gasteiger partial charge in [-0.3, -0.25) is 0 Å². The van der Waals surface area contributed by atoms with Crippen LogP contribution in [0.25, 0.3) is 0 Å². The molecule has 1 aromatic carbocycles. The first-order chi connectivity index (χ1) is 6.74. The molecule has 2 nitrogen and oxygen atoms in total. The van der Waals surface area contributed by atoms with Gasteiger partial charge in [-0.15, -0.1) is 0 Å². The van der Waals surface area contributed by atoms with Crippen molar-refractivity contribution in [3.63, 3.8) is 0 Å². The van der Waals surface area contributed by atoms with Gasteiger partial charge < -0.3 is 10.5 Å². The van der Waals surface area contributed by atoms with Gasteiger partial charge in [0.15, 0.2) is 0 Å². The third-order valence-electron chi connectivity index (χ3n) is 2.81. The van der Waals surface area contributed by atoms with Gasteiger partial charge in [0.05, 0.1) is 13.2 Å².